The number of halogens is 5. The Morgan fingerprint density at radius 3 is 2.68 bits per heavy atom. The maximum absolute atomic E-state index is 15.5. The van der Waals surface area contributed by atoms with Gasteiger partial charge in [-0.25, -0.2) is 18.2 Å². The van der Waals surface area contributed by atoms with Gasteiger partial charge in [0.15, 0.2) is 6.61 Å². The Bertz CT molecular complexity index is 1030. The van der Waals surface area contributed by atoms with Crippen molar-refractivity contribution >= 4 is 17.2 Å². The molecule has 1 fully saturated rings. The maximum atomic E-state index is 15.5. The van der Waals surface area contributed by atoms with Crippen LogP contribution in [0.15, 0.2) is 4.42 Å². The molecule has 0 atom stereocenters. The number of ether oxygens (including phenoxy) is 1. The van der Waals surface area contributed by atoms with Gasteiger partial charge in [0.1, 0.15) is 12.1 Å². The third-order valence-electron chi connectivity index (χ3n) is 6.79. The number of hydrogen-bond acceptors (Lipinski definition) is 8. The van der Waals surface area contributed by atoms with Gasteiger partial charge in [0.25, 0.3) is 5.19 Å². The van der Waals surface area contributed by atoms with Crippen LogP contribution in [0.3, 0.4) is 0 Å². The molecule has 0 unspecified atom stereocenters. The number of hydrogen-bond donors (Lipinski definition) is 1. The Morgan fingerprint density at radius 2 is 2.00 bits per heavy atom. The molecule has 14 heteroatoms. The van der Waals surface area contributed by atoms with Crippen LogP contribution in [0.25, 0.3) is 0 Å². The van der Waals surface area contributed by atoms with E-state index in [0.717, 1.165) is 16.2 Å². The van der Waals surface area contributed by atoms with Crippen LogP contribution in [0.2, 0.25) is 0 Å². The van der Waals surface area contributed by atoms with E-state index in [2.05, 4.69) is 25.4 Å². The molecule has 4 rings (SSSR count). The van der Waals surface area contributed by atoms with E-state index in [9.17, 15) is 22.4 Å². The van der Waals surface area contributed by atoms with Crippen LogP contribution in [0.1, 0.15) is 54.5 Å². The second-order valence-corrected chi connectivity index (χ2v) is 10.7. The summed E-state index contributed by atoms with van der Waals surface area (Å²) in [5.74, 6) is -3.79. The summed E-state index contributed by atoms with van der Waals surface area (Å²) in [6, 6.07) is -0.0855. The minimum atomic E-state index is -4.22. The molecule has 2 aromatic rings. The number of thiazole rings is 1. The first-order chi connectivity index (χ1) is 17.5. The molecular weight excluding hydrogens is 521 g/mol. The van der Waals surface area contributed by atoms with Crippen LogP contribution in [-0.2, 0) is 24.1 Å². The van der Waals surface area contributed by atoms with E-state index in [0.29, 0.717) is 76.2 Å². The SMILES string of the molecule is Cc1nnc(CC(=O)NC2CCC(F)(CCN3CCc4nc(OCC(F)(F)C(F)F)sc4CC3)CC2)o1. The average Bonchev–Trinajstić information content (AvgIpc) is 3.38. The fourth-order valence-corrected chi connectivity index (χ4v) is 5.55. The minimum Gasteiger partial charge on any atom is -0.463 e. The molecule has 0 aromatic carbocycles. The Balaban J connectivity index is 1.17. The molecule has 1 amide bonds. The lowest BCUT2D eigenvalue weighted by Crippen LogP contribution is -2.43. The molecule has 8 nitrogen and oxygen atoms in total. The van der Waals surface area contributed by atoms with Gasteiger partial charge >= 0.3 is 12.3 Å². The topological polar surface area (TPSA) is 93.4 Å². The van der Waals surface area contributed by atoms with Crippen molar-refractivity contribution in [1.29, 1.82) is 0 Å². The van der Waals surface area contributed by atoms with Crippen molar-refractivity contribution in [2.45, 2.75) is 82.3 Å². The number of fused-ring (bicyclic) bond motifs is 1. The van der Waals surface area contributed by atoms with Gasteiger partial charge in [-0.05, 0) is 38.5 Å². The molecule has 1 aliphatic heterocycles. The van der Waals surface area contributed by atoms with Crippen LogP contribution < -0.4 is 10.1 Å². The standard InChI is InChI=1S/C23H30F5N5O3S/c1-14-31-32-19(36-14)12-18(34)29-15-2-6-22(26,7-3-15)8-11-33-9-4-16-17(5-10-33)37-21(30-16)35-13-23(27,28)20(24)25/h15,20H,2-13H2,1H3,(H,29,34). The zero-order valence-corrected chi connectivity index (χ0v) is 21.3. The fraction of sp³-hybridized carbons (Fsp3) is 0.739. The van der Waals surface area contributed by atoms with Crippen molar-refractivity contribution in [2.24, 2.45) is 0 Å². The lowest BCUT2D eigenvalue weighted by Gasteiger charge is -2.35. The molecule has 0 radical (unpaired) electrons. The Kier molecular flexibility index (Phi) is 8.66. The Labute approximate surface area is 215 Å². The van der Waals surface area contributed by atoms with E-state index in [1.54, 1.807) is 6.92 Å². The van der Waals surface area contributed by atoms with E-state index >= 15 is 4.39 Å². The first-order valence-electron chi connectivity index (χ1n) is 12.3. The highest BCUT2D eigenvalue weighted by molar-refractivity contribution is 7.13. The summed E-state index contributed by atoms with van der Waals surface area (Å²) in [7, 11) is 0. The number of nitrogens with zero attached hydrogens (tertiary/aromatic N) is 4. The van der Waals surface area contributed by atoms with Gasteiger partial charge < -0.3 is 19.4 Å². The number of amides is 1. The van der Waals surface area contributed by atoms with Crippen LogP contribution >= 0.6 is 11.3 Å². The summed E-state index contributed by atoms with van der Waals surface area (Å²) in [6.45, 7) is 2.10. The van der Waals surface area contributed by atoms with E-state index in [1.165, 1.54) is 0 Å². The molecule has 1 N–H and O–H groups in total. The smallest absolute Gasteiger partial charge is 0.340 e. The van der Waals surface area contributed by atoms with Crippen LogP contribution in [0.4, 0.5) is 22.0 Å². The van der Waals surface area contributed by atoms with Gasteiger partial charge in [-0.15, -0.1) is 10.2 Å². The monoisotopic (exact) mass is 551 g/mol. The van der Waals surface area contributed by atoms with Gasteiger partial charge in [-0.1, -0.05) is 11.3 Å². The normalized spacial score (nSPS) is 23.1. The molecule has 0 saturated heterocycles. The zero-order chi connectivity index (χ0) is 26.6. The summed E-state index contributed by atoms with van der Waals surface area (Å²) in [6.07, 6.45) is -0.412. The lowest BCUT2D eigenvalue weighted by molar-refractivity contribution is -0.148. The molecule has 0 bridgehead atoms. The predicted octanol–water partition coefficient (Wildman–Crippen LogP) is 3.91. The summed E-state index contributed by atoms with van der Waals surface area (Å²) in [4.78, 5) is 19.4. The third kappa shape index (κ3) is 7.59. The number of aryl methyl sites for hydroxylation is 1. The van der Waals surface area contributed by atoms with E-state index < -0.39 is 24.6 Å². The second kappa shape index (κ2) is 11.6. The number of aromatic nitrogens is 3. The molecule has 0 spiro atoms. The summed E-state index contributed by atoms with van der Waals surface area (Å²) >= 11 is 1.09. The first kappa shape index (κ1) is 27.7. The predicted molar refractivity (Wildman–Crippen MR) is 124 cm³/mol. The lowest BCUT2D eigenvalue weighted by atomic mass is 9.81. The molecule has 2 aliphatic rings. The van der Waals surface area contributed by atoms with Gasteiger partial charge in [0.2, 0.25) is 17.7 Å². The molecule has 2 aromatic heterocycles. The molecule has 37 heavy (non-hydrogen) atoms. The molecule has 1 aliphatic carbocycles. The van der Waals surface area contributed by atoms with Gasteiger partial charge in [0.05, 0.1) is 5.69 Å². The molecular formula is C23H30F5N5O3S. The fourth-order valence-electron chi connectivity index (χ4n) is 4.61. The largest absolute Gasteiger partial charge is 0.463 e. The average molecular weight is 552 g/mol. The first-order valence-corrected chi connectivity index (χ1v) is 13.1. The number of nitrogens with one attached hydrogen (secondary N) is 1. The number of rotatable bonds is 10. The summed E-state index contributed by atoms with van der Waals surface area (Å²) < 4.78 is 76.3. The zero-order valence-electron chi connectivity index (χ0n) is 20.5. The van der Waals surface area contributed by atoms with Crippen molar-refractivity contribution in [2.75, 3.05) is 26.2 Å². The van der Waals surface area contributed by atoms with Gasteiger partial charge in [0, 0.05) is 43.9 Å². The van der Waals surface area contributed by atoms with Crippen LogP contribution in [0.5, 0.6) is 5.19 Å². The summed E-state index contributed by atoms with van der Waals surface area (Å²) in [5, 5.41) is 10.4. The highest BCUT2D eigenvalue weighted by Crippen LogP contribution is 2.36. The van der Waals surface area contributed by atoms with Crippen molar-refractivity contribution in [3.05, 3.63) is 22.4 Å². The highest BCUT2D eigenvalue weighted by atomic mass is 32.1. The Morgan fingerprint density at radius 1 is 1.27 bits per heavy atom. The molecule has 1 saturated carbocycles. The van der Waals surface area contributed by atoms with Crippen LogP contribution in [-0.4, -0.2) is 76.3 Å². The Hall–Kier alpha value is -2.35. The van der Waals surface area contributed by atoms with Crippen LogP contribution in [0, 0.1) is 6.92 Å². The van der Waals surface area contributed by atoms with Crippen molar-refractivity contribution < 1.29 is 35.9 Å². The van der Waals surface area contributed by atoms with E-state index in [1.807, 2.05) is 0 Å². The third-order valence-corrected chi connectivity index (χ3v) is 7.86. The highest BCUT2D eigenvalue weighted by Gasteiger charge is 2.42. The van der Waals surface area contributed by atoms with Gasteiger partial charge in [-0.2, -0.15) is 8.78 Å². The quantitative estimate of drug-likeness (QED) is 0.448. The number of carbonyl (C=O) groups is 1. The van der Waals surface area contributed by atoms with Crippen molar-refractivity contribution in [1.82, 2.24) is 25.4 Å². The molecule has 3 heterocycles. The van der Waals surface area contributed by atoms with E-state index in [-0.39, 0.29) is 29.5 Å². The van der Waals surface area contributed by atoms with Crippen molar-refractivity contribution in [3.63, 3.8) is 0 Å². The van der Waals surface area contributed by atoms with Crippen molar-refractivity contribution in [3.8, 4) is 5.19 Å². The maximum Gasteiger partial charge on any atom is 0.340 e. The van der Waals surface area contributed by atoms with E-state index in [4.69, 9.17) is 9.15 Å². The number of carbonyl (C=O) groups excluding carboxylic acids is 1. The number of alkyl halides is 5. The minimum absolute atomic E-state index is 0.00319. The second-order valence-electron chi connectivity index (χ2n) is 9.68. The van der Waals surface area contributed by atoms with Gasteiger partial charge in [-0.3, -0.25) is 4.79 Å². The molecule has 206 valence electrons. The summed E-state index contributed by atoms with van der Waals surface area (Å²) in [5.41, 5.74) is -0.582.